The number of carboxylic acid groups (broad SMARTS) is 1. The standard InChI is InChI=1S/C10H11F2NO2/c11-8(12)5-6-2-1-3-7(4-6)9(13)10(14)15/h1-4,8-9H,5,13H2,(H,14,15). The monoisotopic (exact) mass is 215 g/mol. The van der Waals surface area contributed by atoms with E-state index in [0.717, 1.165) is 0 Å². The minimum Gasteiger partial charge on any atom is -0.480 e. The first-order valence-corrected chi connectivity index (χ1v) is 4.36. The zero-order chi connectivity index (χ0) is 11.4. The van der Waals surface area contributed by atoms with Gasteiger partial charge in [0.25, 0.3) is 0 Å². The quantitative estimate of drug-likeness (QED) is 0.801. The average Bonchev–Trinajstić information content (AvgIpc) is 2.16. The molecule has 0 aliphatic carbocycles. The van der Waals surface area contributed by atoms with E-state index in [1.807, 2.05) is 0 Å². The number of alkyl halides is 2. The molecular formula is C10H11F2NO2. The molecule has 1 atom stereocenters. The molecule has 82 valence electrons. The zero-order valence-corrected chi connectivity index (χ0v) is 7.86. The number of hydrogen-bond acceptors (Lipinski definition) is 2. The van der Waals surface area contributed by atoms with Crippen LogP contribution in [0.1, 0.15) is 17.2 Å². The second-order valence-electron chi connectivity index (χ2n) is 3.16. The maximum absolute atomic E-state index is 12.1. The van der Waals surface area contributed by atoms with Gasteiger partial charge in [-0.25, -0.2) is 8.78 Å². The van der Waals surface area contributed by atoms with E-state index in [9.17, 15) is 13.6 Å². The Hall–Kier alpha value is -1.49. The van der Waals surface area contributed by atoms with Crippen LogP contribution >= 0.6 is 0 Å². The molecule has 1 aromatic rings. The van der Waals surface area contributed by atoms with Crippen LogP contribution in [0.25, 0.3) is 0 Å². The lowest BCUT2D eigenvalue weighted by atomic mass is 10.0. The third-order valence-corrected chi connectivity index (χ3v) is 1.97. The number of hydrogen-bond donors (Lipinski definition) is 2. The second kappa shape index (κ2) is 4.84. The van der Waals surface area contributed by atoms with Crippen molar-refractivity contribution in [2.24, 2.45) is 5.73 Å². The van der Waals surface area contributed by atoms with E-state index < -0.39 is 18.4 Å². The van der Waals surface area contributed by atoms with Crippen molar-refractivity contribution in [3.05, 3.63) is 35.4 Å². The highest BCUT2D eigenvalue weighted by atomic mass is 19.3. The van der Waals surface area contributed by atoms with E-state index in [0.29, 0.717) is 11.1 Å². The van der Waals surface area contributed by atoms with Crippen molar-refractivity contribution < 1.29 is 18.7 Å². The van der Waals surface area contributed by atoms with Crippen LogP contribution in [0.5, 0.6) is 0 Å². The highest BCUT2D eigenvalue weighted by molar-refractivity contribution is 5.75. The predicted molar refractivity (Wildman–Crippen MR) is 50.7 cm³/mol. The minimum absolute atomic E-state index is 0.334. The van der Waals surface area contributed by atoms with Crippen LogP contribution in [-0.4, -0.2) is 17.5 Å². The van der Waals surface area contributed by atoms with E-state index in [1.54, 1.807) is 0 Å². The molecule has 0 saturated carbocycles. The third-order valence-electron chi connectivity index (χ3n) is 1.97. The smallest absolute Gasteiger partial charge is 0.325 e. The Balaban J connectivity index is 2.87. The second-order valence-corrected chi connectivity index (χ2v) is 3.16. The van der Waals surface area contributed by atoms with Gasteiger partial charge in [-0.05, 0) is 11.1 Å². The fourth-order valence-electron chi connectivity index (χ4n) is 1.23. The van der Waals surface area contributed by atoms with Gasteiger partial charge in [-0.2, -0.15) is 0 Å². The molecule has 1 aromatic carbocycles. The molecule has 0 amide bonds. The Morgan fingerprint density at radius 3 is 2.67 bits per heavy atom. The first kappa shape index (κ1) is 11.6. The fraction of sp³-hybridized carbons (Fsp3) is 0.300. The molecule has 0 spiro atoms. The summed E-state index contributed by atoms with van der Waals surface area (Å²) in [5, 5.41) is 8.64. The number of carboxylic acids is 1. The molecule has 0 aromatic heterocycles. The number of aliphatic carboxylic acids is 1. The van der Waals surface area contributed by atoms with Gasteiger partial charge in [0.05, 0.1) is 0 Å². The van der Waals surface area contributed by atoms with Crippen LogP contribution in [-0.2, 0) is 11.2 Å². The summed E-state index contributed by atoms with van der Waals surface area (Å²) in [4.78, 5) is 10.6. The first-order chi connectivity index (χ1) is 7.00. The summed E-state index contributed by atoms with van der Waals surface area (Å²) in [6.45, 7) is 0. The van der Waals surface area contributed by atoms with E-state index >= 15 is 0 Å². The van der Waals surface area contributed by atoms with Crippen molar-refractivity contribution in [2.45, 2.75) is 18.9 Å². The van der Waals surface area contributed by atoms with Crippen molar-refractivity contribution in [2.75, 3.05) is 0 Å². The van der Waals surface area contributed by atoms with Gasteiger partial charge in [-0.1, -0.05) is 24.3 Å². The fourth-order valence-corrected chi connectivity index (χ4v) is 1.23. The van der Waals surface area contributed by atoms with Gasteiger partial charge in [-0.15, -0.1) is 0 Å². The topological polar surface area (TPSA) is 63.3 Å². The van der Waals surface area contributed by atoms with Gasteiger partial charge in [0.15, 0.2) is 0 Å². The molecule has 3 N–H and O–H groups in total. The van der Waals surface area contributed by atoms with Crippen LogP contribution in [0.2, 0.25) is 0 Å². The Morgan fingerprint density at radius 1 is 1.47 bits per heavy atom. The van der Waals surface area contributed by atoms with Gasteiger partial charge < -0.3 is 10.8 Å². The van der Waals surface area contributed by atoms with E-state index in [2.05, 4.69) is 0 Å². The molecule has 3 nitrogen and oxygen atoms in total. The van der Waals surface area contributed by atoms with Crippen LogP contribution < -0.4 is 5.73 Å². The Bertz CT molecular complexity index is 355. The van der Waals surface area contributed by atoms with Crippen molar-refractivity contribution in [1.82, 2.24) is 0 Å². The largest absolute Gasteiger partial charge is 0.480 e. The summed E-state index contributed by atoms with van der Waals surface area (Å²) in [5.74, 6) is -1.18. The van der Waals surface area contributed by atoms with E-state index in [4.69, 9.17) is 10.8 Å². The maximum atomic E-state index is 12.1. The van der Waals surface area contributed by atoms with Gasteiger partial charge in [0.1, 0.15) is 6.04 Å². The molecule has 0 bridgehead atoms. The normalized spacial score (nSPS) is 12.8. The Morgan fingerprint density at radius 2 is 2.13 bits per heavy atom. The lowest BCUT2D eigenvalue weighted by Crippen LogP contribution is -2.20. The van der Waals surface area contributed by atoms with Gasteiger partial charge >= 0.3 is 5.97 Å². The molecule has 0 aliphatic heterocycles. The van der Waals surface area contributed by atoms with Crippen molar-refractivity contribution in [3.8, 4) is 0 Å². The number of nitrogens with two attached hydrogens (primary N) is 1. The number of carbonyl (C=O) groups is 1. The van der Waals surface area contributed by atoms with Crippen LogP contribution in [0.4, 0.5) is 8.78 Å². The number of rotatable bonds is 4. The van der Waals surface area contributed by atoms with Gasteiger partial charge in [-0.3, -0.25) is 4.79 Å². The summed E-state index contributed by atoms with van der Waals surface area (Å²) in [6, 6.07) is 4.78. The molecular weight excluding hydrogens is 204 g/mol. The third kappa shape index (κ3) is 3.28. The zero-order valence-electron chi connectivity index (χ0n) is 7.86. The SMILES string of the molecule is NC(C(=O)O)c1cccc(CC(F)F)c1. The van der Waals surface area contributed by atoms with Crippen LogP contribution in [0.3, 0.4) is 0 Å². The molecule has 1 unspecified atom stereocenters. The highest BCUT2D eigenvalue weighted by Gasteiger charge is 2.14. The average molecular weight is 215 g/mol. The van der Waals surface area contributed by atoms with Crippen molar-refractivity contribution in [1.29, 1.82) is 0 Å². The lowest BCUT2D eigenvalue weighted by Gasteiger charge is -2.08. The number of halogens is 2. The molecule has 0 radical (unpaired) electrons. The molecule has 0 aliphatic rings. The maximum Gasteiger partial charge on any atom is 0.325 e. The molecule has 0 heterocycles. The Labute approximate surface area is 85.5 Å². The van der Waals surface area contributed by atoms with Crippen molar-refractivity contribution in [3.63, 3.8) is 0 Å². The summed E-state index contributed by atoms with van der Waals surface area (Å²) < 4.78 is 24.1. The van der Waals surface area contributed by atoms with Crippen molar-refractivity contribution >= 4 is 5.97 Å². The van der Waals surface area contributed by atoms with E-state index in [1.165, 1.54) is 24.3 Å². The lowest BCUT2D eigenvalue weighted by molar-refractivity contribution is -0.138. The summed E-state index contributed by atoms with van der Waals surface area (Å²) in [6.07, 6.45) is -2.83. The van der Waals surface area contributed by atoms with Crippen LogP contribution in [0, 0.1) is 0 Å². The van der Waals surface area contributed by atoms with Gasteiger partial charge in [0.2, 0.25) is 6.43 Å². The predicted octanol–water partition coefficient (Wildman–Crippen LogP) is 1.58. The molecule has 1 rings (SSSR count). The first-order valence-electron chi connectivity index (χ1n) is 4.36. The van der Waals surface area contributed by atoms with Crippen LogP contribution in [0.15, 0.2) is 24.3 Å². The van der Waals surface area contributed by atoms with Gasteiger partial charge in [0, 0.05) is 6.42 Å². The summed E-state index contributed by atoms with van der Waals surface area (Å²) >= 11 is 0. The highest BCUT2D eigenvalue weighted by Crippen LogP contribution is 2.15. The molecule has 0 fully saturated rings. The molecule has 0 saturated heterocycles. The number of benzene rings is 1. The minimum atomic E-state index is -2.44. The molecule has 15 heavy (non-hydrogen) atoms. The Kier molecular flexibility index (Phi) is 3.74. The molecule has 5 heteroatoms. The van der Waals surface area contributed by atoms with E-state index in [-0.39, 0.29) is 6.42 Å². The summed E-state index contributed by atoms with van der Waals surface area (Å²) in [7, 11) is 0. The summed E-state index contributed by atoms with van der Waals surface area (Å²) in [5.41, 5.74) is 6.07.